The molecule has 0 bridgehead atoms. The largest absolute Gasteiger partial charge is 0.478 e. The van der Waals surface area contributed by atoms with E-state index in [1.54, 1.807) is 0 Å². The molecule has 0 fully saturated rings. The monoisotopic (exact) mass is 199 g/mol. The van der Waals surface area contributed by atoms with E-state index in [9.17, 15) is 4.79 Å². The molecule has 1 heterocycles. The van der Waals surface area contributed by atoms with Crippen LogP contribution in [0.1, 0.15) is 17.3 Å². The minimum Gasteiger partial charge on any atom is -0.478 e. The lowest BCUT2D eigenvalue weighted by Gasteiger charge is -2.06. The van der Waals surface area contributed by atoms with Crippen LogP contribution >= 0.6 is 0 Å². The summed E-state index contributed by atoms with van der Waals surface area (Å²) >= 11 is 0. The van der Waals surface area contributed by atoms with Gasteiger partial charge in [0, 0.05) is 12.3 Å². The topological polar surface area (TPSA) is 88.9 Å². The van der Waals surface area contributed by atoms with E-state index in [1.807, 2.05) is 0 Å². The van der Waals surface area contributed by atoms with Crippen LogP contribution in [0.15, 0.2) is 18.5 Å². The highest BCUT2D eigenvalue weighted by Gasteiger charge is 2.06. The van der Waals surface area contributed by atoms with Gasteiger partial charge in [0.15, 0.2) is 12.0 Å². The summed E-state index contributed by atoms with van der Waals surface area (Å²) in [6.07, 6.45) is 1.36. The molecule has 1 aromatic heterocycles. The van der Waals surface area contributed by atoms with E-state index < -0.39 is 12.3 Å². The first kappa shape index (κ1) is 10.4. The zero-order valence-corrected chi connectivity index (χ0v) is 7.38. The Morgan fingerprint density at radius 1 is 1.57 bits per heavy atom. The van der Waals surface area contributed by atoms with Gasteiger partial charge in [-0.3, -0.25) is 4.98 Å². The summed E-state index contributed by atoms with van der Waals surface area (Å²) in [5, 5.41) is 17.3. The van der Waals surface area contributed by atoms with Crippen molar-refractivity contribution >= 4 is 5.97 Å². The van der Waals surface area contributed by atoms with Crippen LogP contribution in [-0.4, -0.2) is 27.5 Å². The van der Waals surface area contributed by atoms with Crippen molar-refractivity contribution < 1.29 is 24.8 Å². The van der Waals surface area contributed by atoms with Gasteiger partial charge in [0.2, 0.25) is 0 Å². The summed E-state index contributed by atoms with van der Waals surface area (Å²) in [6.45, 7) is 1.36. The van der Waals surface area contributed by atoms with Crippen LogP contribution in [0.25, 0.3) is 0 Å². The van der Waals surface area contributed by atoms with Crippen molar-refractivity contribution in [2.45, 2.75) is 13.2 Å². The Kier molecular flexibility index (Phi) is 3.38. The number of carboxylic acids is 1. The second-order valence-electron chi connectivity index (χ2n) is 2.49. The van der Waals surface area contributed by atoms with Crippen LogP contribution in [0.4, 0.5) is 0 Å². The van der Waals surface area contributed by atoms with Crippen LogP contribution in [-0.2, 0) is 4.89 Å². The number of hydrogen-bond donors (Lipinski definition) is 2. The van der Waals surface area contributed by atoms with Gasteiger partial charge in [0.1, 0.15) is 0 Å². The Hall–Kier alpha value is -1.66. The Bertz CT molecular complexity index is 325. The van der Waals surface area contributed by atoms with Gasteiger partial charge in [-0.15, -0.1) is 0 Å². The second kappa shape index (κ2) is 4.54. The quantitative estimate of drug-likeness (QED) is 0.415. The number of carbonyl (C=O) groups is 1. The number of aromatic nitrogens is 1. The van der Waals surface area contributed by atoms with Crippen molar-refractivity contribution in [3.8, 4) is 5.75 Å². The van der Waals surface area contributed by atoms with Crippen LogP contribution in [0, 0.1) is 0 Å². The van der Waals surface area contributed by atoms with E-state index in [0.717, 1.165) is 0 Å². The van der Waals surface area contributed by atoms with Gasteiger partial charge in [-0.25, -0.2) is 4.79 Å². The molecule has 0 unspecified atom stereocenters. The molecule has 6 nitrogen and oxygen atoms in total. The average molecular weight is 199 g/mol. The maximum atomic E-state index is 10.5. The Morgan fingerprint density at radius 2 is 2.29 bits per heavy atom. The summed E-state index contributed by atoms with van der Waals surface area (Å²) in [5.41, 5.74) is -0.0170. The van der Waals surface area contributed by atoms with Gasteiger partial charge in [0.25, 0.3) is 0 Å². The second-order valence-corrected chi connectivity index (χ2v) is 2.49. The summed E-state index contributed by atoms with van der Waals surface area (Å²) in [5.74, 6) is -0.995. The van der Waals surface area contributed by atoms with Crippen molar-refractivity contribution in [1.29, 1.82) is 0 Å². The third-order valence-corrected chi connectivity index (χ3v) is 1.24. The normalized spacial score (nSPS) is 12.1. The molecule has 0 aliphatic rings. The summed E-state index contributed by atoms with van der Waals surface area (Å²) in [4.78, 5) is 23.1. The summed E-state index contributed by atoms with van der Waals surface area (Å²) < 4.78 is 0. The highest BCUT2D eigenvalue weighted by Crippen LogP contribution is 2.11. The van der Waals surface area contributed by atoms with E-state index in [2.05, 4.69) is 14.8 Å². The fourth-order valence-corrected chi connectivity index (χ4v) is 0.707. The molecular weight excluding hydrogens is 190 g/mol. The SMILES string of the molecule is C[C@@H](O)OOc1cncc(C(=O)O)c1. The molecule has 0 saturated heterocycles. The molecule has 1 aromatic rings. The zero-order chi connectivity index (χ0) is 10.6. The van der Waals surface area contributed by atoms with Crippen LogP contribution in [0.3, 0.4) is 0 Å². The highest BCUT2D eigenvalue weighted by atomic mass is 17.2. The number of carboxylic acid groups (broad SMARTS) is 1. The fourth-order valence-electron chi connectivity index (χ4n) is 0.707. The lowest BCUT2D eigenvalue weighted by Crippen LogP contribution is -2.10. The highest BCUT2D eigenvalue weighted by molar-refractivity contribution is 5.87. The van der Waals surface area contributed by atoms with Gasteiger partial charge < -0.3 is 15.1 Å². The molecule has 1 rings (SSSR count). The predicted octanol–water partition coefficient (Wildman–Crippen LogP) is 0.428. The van der Waals surface area contributed by atoms with E-state index in [-0.39, 0.29) is 11.3 Å². The van der Waals surface area contributed by atoms with Crippen molar-refractivity contribution in [2.24, 2.45) is 0 Å². The van der Waals surface area contributed by atoms with E-state index in [0.29, 0.717) is 0 Å². The zero-order valence-electron chi connectivity index (χ0n) is 7.38. The van der Waals surface area contributed by atoms with Gasteiger partial charge in [-0.05, 0) is 6.92 Å². The lowest BCUT2D eigenvalue weighted by atomic mass is 10.3. The molecule has 0 aliphatic heterocycles. The summed E-state index contributed by atoms with van der Waals surface area (Å²) in [7, 11) is 0. The van der Waals surface area contributed by atoms with Gasteiger partial charge in [-0.1, -0.05) is 0 Å². The minimum atomic E-state index is -1.11. The van der Waals surface area contributed by atoms with Gasteiger partial charge >= 0.3 is 5.97 Å². The number of hydrogen-bond acceptors (Lipinski definition) is 5. The van der Waals surface area contributed by atoms with Crippen molar-refractivity contribution in [3.05, 3.63) is 24.0 Å². The number of pyridine rings is 1. The molecule has 76 valence electrons. The molecule has 1 atom stereocenters. The van der Waals surface area contributed by atoms with Gasteiger partial charge in [-0.2, -0.15) is 4.89 Å². The Morgan fingerprint density at radius 3 is 2.86 bits per heavy atom. The van der Waals surface area contributed by atoms with Crippen LogP contribution in [0.2, 0.25) is 0 Å². The molecule has 0 aromatic carbocycles. The van der Waals surface area contributed by atoms with E-state index >= 15 is 0 Å². The molecule has 14 heavy (non-hydrogen) atoms. The maximum absolute atomic E-state index is 10.5. The van der Waals surface area contributed by atoms with Crippen molar-refractivity contribution in [1.82, 2.24) is 4.98 Å². The average Bonchev–Trinajstić information content (AvgIpc) is 2.15. The first-order valence-corrected chi connectivity index (χ1v) is 3.79. The number of aliphatic hydroxyl groups excluding tert-OH is 1. The molecule has 0 saturated carbocycles. The van der Waals surface area contributed by atoms with E-state index in [1.165, 1.54) is 25.4 Å². The Labute approximate surface area is 79.7 Å². The fraction of sp³-hybridized carbons (Fsp3) is 0.250. The standard InChI is InChI=1S/C8H9NO5/c1-5(10)13-14-7-2-6(8(11)12)3-9-4-7/h2-5,10H,1H3,(H,11,12)/t5-/m0/s1. The molecule has 6 heteroatoms. The van der Waals surface area contributed by atoms with Crippen LogP contribution in [0.5, 0.6) is 5.75 Å². The van der Waals surface area contributed by atoms with Crippen LogP contribution < -0.4 is 4.89 Å². The molecule has 0 spiro atoms. The number of nitrogens with zero attached hydrogens (tertiary/aromatic N) is 1. The Balaban J connectivity index is 2.69. The number of aliphatic hydroxyl groups is 1. The molecule has 0 aliphatic carbocycles. The third kappa shape index (κ3) is 3.00. The van der Waals surface area contributed by atoms with Crippen molar-refractivity contribution in [3.63, 3.8) is 0 Å². The predicted molar refractivity (Wildman–Crippen MR) is 44.6 cm³/mol. The molecule has 0 radical (unpaired) electrons. The lowest BCUT2D eigenvalue weighted by molar-refractivity contribution is -0.298. The molecule has 2 N–H and O–H groups in total. The van der Waals surface area contributed by atoms with E-state index in [4.69, 9.17) is 10.2 Å². The molecular formula is C8H9NO5. The maximum Gasteiger partial charge on any atom is 0.337 e. The number of rotatable bonds is 4. The van der Waals surface area contributed by atoms with Gasteiger partial charge in [0.05, 0.1) is 11.8 Å². The first-order chi connectivity index (χ1) is 6.59. The third-order valence-electron chi connectivity index (χ3n) is 1.24. The number of aromatic carboxylic acids is 1. The van der Waals surface area contributed by atoms with Crippen molar-refractivity contribution in [2.75, 3.05) is 0 Å². The minimum absolute atomic E-state index is 0.0170. The molecule has 0 amide bonds. The first-order valence-electron chi connectivity index (χ1n) is 3.79. The summed E-state index contributed by atoms with van der Waals surface area (Å²) in [6, 6.07) is 1.23. The smallest absolute Gasteiger partial charge is 0.337 e.